The Kier molecular flexibility index (Phi) is 55.8. The van der Waals surface area contributed by atoms with Gasteiger partial charge in [-0.25, -0.2) is 11.1 Å². The van der Waals surface area contributed by atoms with Crippen molar-refractivity contribution in [2.75, 3.05) is 79.5 Å². The number of benzene rings is 1. The van der Waals surface area contributed by atoms with Crippen molar-refractivity contribution in [3.8, 4) is 17.2 Å². The normalized spacial score (nSPS) is 19.4. The Morgan fingerprint density at radius 3 is 1.28 bits per heavy atom. The zero-order chi connectivity index (χ0) is 80.5. The van der Waals surface area contributed by atoms with Crippen molar-refractivity contribution in [2.45, 2.75) is 444 Å². The van der Waals surface area contributed by atoms with Crippen LogP contribution in [0.5, 0.6) is 17.2 Å². The van der Waals surface area contributed by atoms with Crippen LogP contribution in [0.3, 0.4) is 0 Å². The summed E-state index contributed by atoms with van der Waals surface area (Å²) in [6.07, 6.45) is 57.8. The van der Waals surface area contributed by atoms with E-state index in [1.807, 2.05) is 26.0 Å². The lowest BCUT2D eigenvalue weighted by atomic mass is 10.0. The minimum Gasteiger partial charge on any atom is -0.490 e. The largest absolute Gasteiger partial charge is 0.490 e. The quantitative estimate of drug-likeness (QED) is 0.0197. The minimum absolute atomic E-state index is 0.0831. The predicted octanol–water partition coefficient (Wildman–Crippen LogP) is 25.0. The van der Waals surface area contributed by atoms with Gasteiger partial charge < -0.3 is 52.2 Å². The minimum atomic E-state index is -4.44. The lowest BCUT2D eigenvalue weighted by Crippen LogP contribution is -2.50. The number of rotatable bonds is 71. The van der Waals surface area contributed by atoms with Crippen LogP contribution in [0.4, 0.5) is 0 Å². The highest BCUT2D eigenvalue weighted by atomic mass is 31.2. The van der Waals surface area contributed by atoms with Gasteiger partial charge in [0.05, 0.1) is 51.7 Å². The van der Waals surface area contributed by atoms with E-state index in [9.17, 15) is 18.9 Å². The maximum Gasteiger partial charge on any atom is 0.475 e. The van der Waals surface area contributed by atoms with Crippen molar-refractivity contribution in [3.05, 3.63) is 29.1 Å². The molecule has 2 amide bonds. The second-order valence-corrected chi connectivity index (χ2v) is 40.8. The summed E-state index contributed by atoms with van der Waals surface area (Å²) in [6.45, 7) is 30.9. The van der Waals surface area contributed by atoms with Gasteiger partial charge in [0.15, 0.2) is 19.8 Å². The fourth-order valence-electron chi connectivity index (χ4n) is 15.3. The summed E-state index contributed by atoms with van der Waals surface area (Å²) in [6, 6.07) is 3.72. The number of phosphoric ester groups is 1. The Labute approximate surface area is 679 Å². The molecule has 18 nitrogen and oxygen atoms in total. The average Bonchev–Trinajstić information content (AvgIpc) is 1.72. The number of esters is 1. The fourth-order valence-corrected chi connectivity index (χ4v) is 18.0. The van der Waals surface area contributed by atoms with Crippen LogP contribution in [0.15, 0.2) is 12.1 Å². The first kappa shape index (κ1) is 100. The molecule has 644 valence electrons. The van der Waals surface area contributed by atoms with Gasteiger partial charge in [-0.05, 0) is 63.4 Å². The first-order chi connectivity index (χ1) is 53.8. The maximum atomic E-state index is 14.8. The standard InChI is InChI=1S/C91H166N3O15PSi/c1-13-16-19-22-25-28-31-34-37-40-43-46-49-52-55-58-68-100-81-73-79(74-82(101-69-59-56-53-50-47-44-41-38-35-32-29-26-23-20-17-14-2)88(81)102-70-60-57-54-51-48-45-42-39-36-33-30-27-24-21-18-15-3)90(97)94-66-64-93(65-67-94)85(95)61-62-86(96)107-80-72-77(4)105-83(80)76-104-110(98,103-71-63-92-9)108-89-84(75-99-10)106-78(5)87(89)109-111(11,12)91(6,7)8/h73-74,77-78,80,83-84,87,89H,13-72,75-76H2,1-8,10-12H3/t77-,78-,80?,83+,84+,87+,89?,110?/m0/s1. The van der Waals surface area contributed by atoms with E-state index in [1.165, 1.54) is 270 Å². The number of ether oxygens (including phenoxy) is 7. The molecule has 0 radical (unpaired) electrons. The Bertz CT molecular complexity index is 2560. The molecule has 8 atom stereocenters. The highest BCUT2D eigenvalue weighted by Crippen LogP contribution is 2.54. The van der Waals surface area contributed by atoms with Crippen molar-refractivity contribution < 1.29 is 70.1 Å². The van der Waals surface area contributed by atoms with E-state index < -0.39 is 58.7 Å². The average molecular weight is 1600 g/mol. The molecule has 111 heavy (non-hydrogen) atoms. The lowest BCUT2D eigenvalue weighted by molar-refractivity contribution is -0.154. The Morgan fingerprint density at radius 2 is 0.892 bits per heavy atom. The summed E-state index contributed by atoms with van der Waals surface area (Å²) in [5.41, 5.74) is 0.474. The highest BCUT2D eigenvalue weighted by Gasteiger charge is 2.53. The third-order valence-electron chi connectivity index (χ3n) is 23.4. The lowest BCUT2D eigenvalue weighted by Gasteiger charge is -2.40. The summed E-state index contributed by atoms with van der Waals surface area (Å²) in [7, 11) is -5.29. The number of phosphoric acid groups is 1. The zero-order valence-electron chi connectivity index (χ0n) is 72.9. The second-order valence-electron chi connectivity index (χ2n) is 34.4. The number of hydrogen-bond acceptors (Lipinski definition) is 15. The Morgan fingerprint density at radius 1 is 0.505 bits per heavy atom. The Hall–Kier alpha value is -3.31. The van der Waals surface area contributed by atoms with E-state index >= 15 is 0 Å². The van der Waals surface area contributed by atoms with E-state index in [0.717, 1.165) is 38.5 Å². The zero-order valence-corrected chi connectivity index (χ0v) is 74.8. The van der Waals surface area contributed by atoms with Crippen LogP contribution in [0.25, 0.3) is 4.85 Å². The van der Waals surface area contributed by atoms with Gasteiger partial charge in [-0.15, -0.1) is 0 Å². The molecule has 3 fully saturated rings. The molecule has 1 aromatic carbocycles. The van der Waals surface area contributed by atoms with Gasteiger partial charge in [0.2, 0.25) is 18.2 Å². The number of carbonyl (C=O) groups is 3. The molecule has 3 aliphatic rings. The van der Waals surface area contributed by atoms with Crippen molar-refractivity contribution >= 4 is 33.9 Å². The predicted molar refractivity (Wildman–Crippen MR) is 456 cm³/mol. The number of hydrogen-bond donors (Lipinski definition) is 0. The molecule has 0 spiro atoms. The summed E-state index contributed by atoms with van der Waals surface area (Å²) in [4.78, 5) is 49.3. The first-order valence-electron chi connectivity index (χ1n) is 46.0. The molecular formula is C91H166N3O15PSi. The molecule has 0 aliphatic carbocycles. The molecule has 0 aromatic heterocycles. The number of unbranched alkanes of at least 4 members (excludes halogenated alkanes) is 45. The van der Waals surface area contributed by atoms with Gasteiger partial charge in [0.1, 0.15) is 37.1 Å². The van der Waals surface area contributed by atoms with Crippen LogP contribution >= 0.6 is 7.82 Å². The van der Waals surface area contributed by atoms with E-state index in [2.05, 4.69) is 59.5 Å². The van der Waals surface area contributed by atoms with Crippen LogP contribution in [-0.2, 0) is 51.1 Å². The summed E-state index contributed by atoms with van der Waals surface area (Å²) in [5.74, 6) is 0.744. The van der Waals surface area contributed by atoms with Crippen LogP contribution in [0.2, 0.25) is 18.1 Å². The monoisotopic (exact) mass is 1600 g/mol. The van der Waals surface area contributed by atoms with E-state index in [-0.39, 0.29) is 62.2 Å². The van der Waals surface area contributed by atoms with Gasteiger partial charge in [-0.1, -0.05) is 330 Å². The van der Waals surface area contributed by atoms with Crippen LogP contribution in [0, 0.1) is 6.57 Å². The van der Waals surface area contributed by atoms with Crippen molar-refractivity contribution in [2.24, 2.45) is 0 Å². The Balaban J connectivity index is 1.38. The third kappa shape index (κ3) is 44.2. The van der Waals surface area contributed by atoms with Crippen molar-refractivity contribution in [3.63, 3.8) is 0 Å². The van der Waals surface area contributed by atoms with Gasteiger partial charge >= 0.3 is 13.8 Å². The molecule has 4 rings (SSSR count). The molecule has 3 unspecified atom stereocenters. The molecule has 1 aromatic rings. The maximum absolute atomic E-state index is 14.8. The number of amides is 2. The number of piperazine rings is 1. The van der Waals surface area contributed by atoms with Gasteiger partial charge in [-0.2, -0.15) is 0 Å². The van der Waals surface area contributed by atoms with Crippen molar-refractivity contribution in [1.29, 1.82) is 0 Å². The van der Waals surface area contributed by atoms with E-state index in [4.69, 9.17) is 57.7 Å². The fraction of sp³-hybridized carbons (Fsp3) is 0.890. The summed E-state index contributed by atoms with van der Waals surface area (Å²) in [5, 5.41) is -0.148. The molecule has 0 saturated carbocycles. The third-order valence-corrected chi connectivity index (χ3v) is 29.3. The summed E-state index contributed by atoms with van der Waals surface area (Å²) < 4.78 is 83.8. The molecule has 20 heteroatoms. The summed E-state index contributed by atoms with van der Waals surface area (Å²) >= 11 is 0. The smallest absolute Gasteiger partial charge is 0.475 e. The van der Waals surface area contributed by atoms with E-state index in [0.29, 0.717) is 75.2 Å². The SMILES string of the molecule is [C-]#[N+]CCOP(=O)(OC[C@H]1O[C@@H](C)CC1OC(=O)CCC(=O)N1CCN(C(=O)c2cc(OCCCCCCCCCCCCCCCCCC)c(OCCCCCCCCCCCCCCCCCC)c(OCCCCCCCCCCCCCCCCCC)c2)CC1)OC1[C@@H](COC)O[C@@H](C)[C@H]1O[Si](C)(C)C(C)(C)C. The van der Waals surface area contributed by atoms with Crippen LogP contribution in [0.1, 0.15) is 393 Å². The number of nitrogens with zero attached hydrogens (tertiary/aromatic N) is 3. The molecule has 3 saturated heterocycles. The molecule has 0 bridgehead atoms. The van der Waals surface area contributed by atoms with Crippen LogP contribution < -0.4 is 14.2 Å². The molecule has 3 aliphatic heterocycles. The van der Waals surface area contributed by atoms with Gasteiger partial charge in [0.25, 0.3) is 5.91 Å². The van der Waals surface area contributed by atoms with Gasteiger partial charge in [0, 0.05) is 51.7 Å². The van der Waals surface area contributed by atoms with Crippen LogP contribution in [-0.4, -0.2) is 158 Å². The molecular weight excluding hydrogens is 1430 g/mol. The second kappa shape index (κ2) is 62.0. The molecule has 3 heterocycles. The topological polar surface area (TPSA) is 181 Å². The number of methoxy groups -OCH3 is 1. The van der Waals surface area contributed by atoms with Crippen molar-refractivity contribution in [1.82, 2.24) is 9.80 Å². The van der Waals surface area contributed by atoms with Gasteiger partial charge in [-0.3, -0.25) is 28.0 Å². The number of carbonyl (C=O) groups excluding carboxylic acids is 3. The highest BCUT2D eigenvalue weighted by molar-refractivity contribution is 7.48. The molecule has 0 N–H and O–H groups in total. The van der Waals surface area contributed by atoms with E-state index in [1.54, 1.807) is 16.9 Å². The first-order valence-corrected chi connectivity index (χ1v) is 50.4.